The minimum absolute atomic E-state index is 0.0612. The van der Waals surface area contributed by atoms with Crippen molar-refractivity contribution >= 4 is 5.91 Å². The van der Waals surface area contributed by atoms with Gasteiger partial charge in [0.2, 0.25) is 5.91 Å². The Bertz CT molecular complexity index is 319. The first-order valence-corrected chi connectivity index (χ1v) is 4.82. The van der Waals surface area contributed by atoms with E-state index in [1.807, 2.05) is 13.8 Å². The van der Waals surface area contributed by atoms with Gasteiger partial charge in [0, 0.05) is 19.4 Å². The second kappa shape index (κ2) is 4.44. The summed E-state index contributed by atoms with van der Waals surface area (Å²) in [5, 5.41) is 13.1. The monoisotopic (exact) mass is 211 g/mol. The molecule has 0 unspecified atom stereocenters. The Balaban J connectivity index is 2.62. The van der Waals surface area contributed by atoms with Crippen molar-refractivity contribution in [1.29, 1.82) is 0 Å². The lowest BCUT2D eigenvalue weighted by Gasteiger charge is -2.33. The van der Waals surface area contributed by atoms with Gasteiger partial charge >= 0.3 is 0 Å². The Morgan fingerprint density at radius 1 is 1.60 bits per heavy atom. The van der Waals surface area contributed by atoms with E-state index < -0.39 is 5.54 Å². The van der Waals surface area contributed by atoms with Crippen molar-refractivity contribution in [3.63, 3.8) is 0 Å². The van der Waals surface area contributed by atoms with Gasteiger partial charge in [-0.25, -0.2) is 0 Å². The van der Waals surface area contributed by atoms with Crippen molar-refractivity contribution in [1.82, 2.24) is 14.7 Å². The Morgan fingerprint density at radius 2 is 2.27 bits per heavy atom. The molecule has 0 fully saturated rings. The van der Waals surface area contributed by atoms with Gasteiger partial charge in [-0.05, 0) is 19.9 Å². The van der Waals surface area contributed by atoms with E-state index in [0.29, 0.717) is 0 Å². The fraction of sp³-hybridized carbons (Fsp3) is 0.600. The summed E-state index contributed by atoms with van der Waals surface area (Å²) < 4.78 is 1.56. The highest BCUT2D eigenvalue weighted by atomic mass is 16.3. The number of carbonyl (C=O) groups excluding carboxylic acids is 1. The van der Waals surface area contributed by atoms with E-state index in [0.717, 1.165) is 0 Å². The van der Waals surface area contributed by atoms with Crippen LogP contribution in [0.15, 0.2) is 18.5 Å². The summed E-state index contributed by atoms with van der Waals surface area (Å²) in [5.74, 6) is -0.0715. The third kappa shape index (κ3) is 2.79. The van der Waals surface area contributed by atoms with Gasteiger partial charge in [0.05, 0.1) is 12.1 Å². The summed E-state index contributed by atoms with van der Waals surface area (Å²) in [7, 11) is 1.68. The molecule has 0 bridgehead atoms. The van der Waals surface area contributed by atoms with Crippen LogP contribution < -0.4 is 0 Å². The lowest BCUT2D eigenvalue weighted by atomic mass is 10.1. The van der Waals surface area contributed by atoms with Crippen molar-refractivity contribution in [2.75, 3.05) is 13.7 Å². The van der Waals surface area contributed by atoms with E-state index in [1.54, 1.807) is 30.2 Å². The zero-order valence-electron chi connectivity index (χ0n) is 9.34. The maximum Gasteiger partial charge on any atom is 0.244 e. The zero-order valence-corrected chi connectivity index (χ0v) is 9.34. The number of carbonyl (C=O) groups is 1. The Hall–Kier alpha value is -1.36. The largest absolute Gasteiger partial charge is 0.394 e. The highest BCUT2D eigenvalue weighted by molar-refractivity contribution is 5.76. The van der Waals surface area contributed by atoms with Crippen LogP contribution in [-0.4, -0.2) is 44.9 Å². The van der Waals surface area contributed by atoms with Crippen LogP contribution in [0.3, 0.4) is 0 Å². The second-order valence-corrected chi connectivity index (χ2v) is 4.13. The smallest absolute Gasteiger partial charge is 0.244 e. The van der Waals surface area contributed by atoms with Gasteiger partial charge in [-0.1, -0.05) is 0 Å². The van der Waals surface area contributed by atoms with Crippen LogP contribution in [0.25, 0.3) is 0 Å². The molecule has 0 saturated carbocycles. The predicted octanol–water partition coefficient (Wildman–Crippen LogP) is 0.112. The van der Waals surface area contributed by atoms with Crippen LogP contribution in [-0.2, 0) is 11.3 Å². The van der Waals surface area contributed by atoms with Crippen LogP contribution in [0.5, 0.6) is 0 Å². The van der Waals surface area contributed by atoms with E-state index >= 15 is 0 Å². The number of amides is 1. The molecule has 1 aromatic rings. The summed E-state index contributed by atoms with van der Waals surface area (Å²) in [6.45, 7) is 3.77. The normalized spacial score (nSPS) is 11.5. The number of aliphatic hydroxyl groups excluding tert-OH is 1. The Labute approximate surface area is 89.3 Å². The standard InChI is InChI=1S/C10H17N3O2/c1-10(2,8-14)12(3)9(15)7-13-6-4-5-11-13/h4-6,14H,7-8H2,1-3H3. The average Bonchev–Trinajstić information content (AvgIpc) is 2.69. The minimum atomic E-state index is -0.537. The van der Waals surface area contributed by atoms with Crippen LogP contribution in [0.4, 0.5) is 0 Å². The van der Waals surface area contributed by atoms with Crippen LogP contribution in [0.2, 0.25) is 0 Å². The molecule has 0 spiro atoms. The molecule has 0 aliphatic carbocycles. The quantitative estimate of drug-likeness (QED) is 0.769. The number of hydrogen-bond acceptors (Lipinski definition) is 3. The lowest BCUT2D eigenvalue weighted by Crippen LogP contribution is -2.48. The van der Waals surface area contributed by atoms with Crippen molar-refractivity contribution in [2.24, 2.45) is 0 Å². The molecule has 5 heteroatoms. The third-order valence-corrected chi connectivity index (χ3v) is 2.53. The minimum Gasteiger partial charge on any atom is -0.394 e. The van der Waals surface area contributed by atoms with E-state index in [1.165, 1.54) is 4.90 Å². The molecular weight excluding hydrogens is 194 g/mol. The predicted molar refractivity (Wildman–Crippen MR) is 56.2 cm³/mol. The summed E-state index contributed by atoms with van der Waals surface area (Å²) in [5.41, 5.74) is -0.537. The molecule has 1 rings (SSSR count). The highest BCUT2D eigenvalue weighted by Gasteiger charge is 2.26. The molecule has 0 aromatic carbocycles. The van der Waals surface area contributed by atoms with Gasteiger partial charge in [0.1, 0.15) is 6.54 Å². The topological polar surface area (TPSA) is 58.4 Å². The first-order chi connectivity index (χ1) is 6.97. The number of aromatic nitrogens is 2. The molecule has 0 aliphatic rings. The van der Waals surface area contributed by atoms with Crippen LogP contribution in [0.1, 0.15) is 13.8 Å². The van der Waals surface area contributed by atoms with Crippen LogP contribution >= 0.6 is 0 Å². The molecule has 0 saturated heterocycles. The number of aliphatic hydroxyl groups is 1. The third-order valence-electron chi connectivity index (χ3n) is 2.53. The maximum absolute atomic E-state index is 11.8. The maximum atomic E-state index is 11.8. The average molecular weight is 211 g/mol. The molecule has 15 heavy (non-hydrogen) atoms. The molecule has 84 valence electrons. The highest BCUT2D eigenvalue weighted by Crippen LogP contribution is 2.11. The number of nitrogens with zero attached hydrogens (tertiary/aromatic N) is 3. The van der Waals surface area contributed by atoms with E-state index in [2.05, 4.69) is 5.10 Å². The SMILES string of the molecule is CN(C(=O)Cn1cccn1)C(C)(C)CO. The molecular formula is C10H17N3O2. The summed E-state index contributed by atoms with van der Waals surface area (Å²) in [6.07, 6.45) is 3.36. The fourth-order valence-corrected chi connectivity index (χ4v) is 1.08. The van der Waals surface area contributed by atoms with Crippen molar-refractivity contribution in [2.45, 2.75) is 25.9 Å². The number of likely N-dealkylation sites (N-methyl/N-ethyl adjacent to an activating group) is 1. The summed E-state index contributed by atoms with van der Waals surface area (Å²) >= 11 is 0. The zero-order chi connectivity index (χ0) is 11.5. The van der Waals surface area contributed by atoms with Crippen molar-refractivity contribution < 1.29 is 9.90 Å². The molecule has 0 atom stereocenters. The van der Waals surface area contributed by atoms with Crippen LogP contribution in [0, 0.1) is 0 Å². The molecule has 5 nitrogen and oxygen atoms in total. The second-order valence-electron chi connectivity index (χ2n) is 4.13. The Kier molecular flexibility index (Phi) is 3.47. The van der Waals surface area contributed by atoms with E-state index in [4.69, 9.17) is 5.11 Å². The first kappa shape index (κ1) is 11.7. The van der Waals surface area contributed by atoms with E-state index in [-0.39, 0.29) is 19.1 Å². The van der Waals surface area contributed by atoms with Gasteiger partial charge in [-0.3, -0.25) is 9.48 Å². The summed E-state index contributed by atoms with van der Waals surface area (Å²) in [4.78, 5) is 13.3. The molecule has 1 aromatic heterocycles. The number of rotatable bonds is 4. The van der Waals surface area contributed by atoms with Gasteiger partial charge in [0.25, 0.3) is 0 Å². The fourth-order valence-electron chi connectivity index (χ4n) is 1.08. The van der Waals surface area contributed by atoms with Gasteiger partial charge in [-0.2, -0.15) is 5.10 Å². The first-order valence-electron chi connectivity index (χ1n) is 4.82. The molecule has 0 aliphatic heterocycles. The van der Waals surface area contributed by atoms with Crippen molar-refractivity contribution in [3.05, 3.63) is 18.5 Å². The molecule has 1 amide bonds. The van der Waals surface area contributed by atoms with Gasteiger partial charge in [-0.15, -0.1) is 0 Å². The molecule has 1 heterocycles. The van der Waals surface area contributed by atoms with Gasteiger partial charge < -0.3 is 10.0 Å². The molecule has 0 radical (unpaired) electrons. The van der Waals surface area contributed by atoms with Gasteiger partial charge in [0.15, 0.2) is 0 Å². The van der Waals surface area contributed by atoms with Crippen molar-refractivity contribution in [3.8, 4) is 0 Å². The Morgan fingerprint density at radius 3 is 2.73 bits per heavy atom. The lowest BCUT2D eigenvalue weighted by molar-refractivity contribution is -0.136. The number of hydrogen-bond donors (Lipinski definition) is 1. The van der Waals surface area contributed by atoms with E-state index in [9.17, 15) is 4.79 Å². The summed E-state index contributed by atoms with van der Waals surface area (Å²) in [6, 6.07) is 1.77. The molecule has 1 N–H and O–H groups in total.